The third kappa shape index (κ3) is 4.03. The number of pyridine rings is 1. The molecule has 0 amide bonds. The average Bonchev–Trinajstić information content (AvgIpc) is 3.25. The van der Waals surface area contributed by atoms with Crippen molar-refractivity contribution < 1.29 is 13.2 Å². The van der Waals surface area contributed by atoms with Gasteiger partial charge in [-0.2, -0.15) is 0 Å². The number of imidazole rings is 2. The Kier molecular flexibility index (Phi) is 5.01. The highest BCUT2D eigenvalue weighted by molar-refractivity contribution is 5.79. The van der Waals surface area contributed by atoms with E-state index >= 15 is 0 Å². The van der Waals surface area contributed by atoms with Gasteiger partial charge >= 0.3 is 0 Å². The number of nitrogens with one attached hydrogen (secondary N) is 1. The Morgan fingerprint density at radius 1 is 1.00 bits per heavy atom. The van der Waals surface area contributed by atoms with Gasteiger partial charge in [-0.3, -0.25) is 4.40 Å². The standard InChI is InChI=1S/C22H22F3N5/c1-22(2,3)28-19-10-26-18-9-6-15(11-30(18)19)21-20(14-4-7-16(23)8-5-14)27-13-29(21)12-17(24)25/h4-11,13,17,28H,12H2,1-3H3. The van der Waals surface area contributed by atoms with E-state index in [0.29, 0.717) is 22.5 Å². The van der Waals surface area contributed by atoms with Crippen LogP contribution in [0.15, 0.2) is 55.1 Å². The topological polar surface area (TPSA) is 47.2 Å². The molecule has 0 atom stereocenters. The van der Waals surface area contributed by atoms with E-state index in [2.05, 4.69) is 15.3 Å². The zero-order valence-electron chi connectivity index (χ0n) is 16.9. The van der Waals surface area contributed by atoms with Crippen LogP contribution in [-0.2, 0) is 6.54 Å². The van der Waals surface area contributed by atoms with Crippen molar-refractivity contribution in [1.82, 2.24) is 18.9 Å². The lowest BCUT2D eigenvalue weighted by molar-refractivity contribution is 0.127. The van der Waals surface area contributed by atoms with E-state index in [1.807, 2.05) is 43.5 Å². The number of halogens is 3. The van der Waals surface area contributed by atoms with Gasteiger partial charge in [-0.15, -0.1) is 0 Å². The molecule has 0 aliphatic rings. The van der Waals surface area contributed by atoms with E-state index in [4.69, 9.17) is 0 Å². The Bertz CT molecular complexity index is 1170. The van der Waals surface area contributed by atoms with Crippen molar-refractivity contribution in [3.8, 4) is 22.5 Å². The second-order valence-electron chi connectivity index (χ2n) is 8.16. The molecular formula is C22H22F3N5. The highest BCUT2D eigenvalue weighted by atomic mass is 19.3. The largest absolute Gasteiger partial charge is 0.365 e. The zero-order chi connectivity index (χ0) is 21.5. The van der Waals surface area contributed by atoms with Crippen molar-refractivity contribution in [2.24, 2.45) is 0 Å². The molecule has 8 heteroatoms. The van der Waals surface area contributed by atoms with Gasteiger partial charge in [-0.1, -0.05) is 0 Å². The van der Waals surface area contributed by atoms with Crippen LogP contribution in [0.25, 0.3) is 28.2 Å². The maximum absolute atomic E-state index is 13.4. The van der Waals surface area contributed by atoms with Gasteiger partial charge in [-0.25, -0.2) is 23.1 Å². The van der Waals surface area contributed by atoms with Crippen LogP contribution in [0.4, 0.5) is 19.0 Å². The number of hydrogen-bond acceptors (Lipinski definition) is 3. The highest BCUT2D eigenvalue weighted by Crippen LogP contribution is 2.33. The minimum absolute atomic E-state index is 0.178. The molecule has 5 nitrogen and oxygen atoms in total. The van der Waals surface area contributed by atoms with Gasteiger partial charge in [0.25, 0.3) is 6.43 Å². The summed E-state index contributed by atoms with van der Waals surface area (Å²) in [5, 5.41) is 3.39. The lowest BCUT2D eigenvalue weighted by atomic mass is 10.1. The van der Waals surface area contributed by atoms with Crippen molar-refractivity contribution in [3.63, 3.8) is 0 Å². The van der Waals surface area contributed by atoms with Crippen LogP contribution in [0.1, 0.15) is 20.8 Å². The molecule has 1 N–H and O–H groups in total. The van der Waals surface area contributed by atoms with Crippen LogP contribution in [0.3, 0.4) is 0 Å². The fraction of sp³-hybridized carbons (Fsp3) is 0.273. The molecule has 0 saturated carbocycles. The predicted molar refractivity (Wildman–Crippen MR) is 111 cm³/mol. The monoisotopic (exact) mass is 413 g/mol. The SMILES string of the molecule is CC(C)(C)Nc1cnc2ccc(-c3c(-c4ccc(F)cc4)ncn3CC(F)F)cn12. The predicted octanol–water partition coefficient (Wildman–Crippen LogP) is 5.48. The number of alkyl halides is 2. The van der Waals surface area contributed by atoms with Gasteiger partial charge in [0.05, 0.1) is 30.5 Å². The van der Waals surface area contributed by atoms with E-state index in [0.717, 1.165) is 11.5 Å². The molecule has 3 heterocycles. The summed E-state index contributed by atoms with van der Waals surface area (Å²) in [6.45, 7) is 5.64. The van der Waals surface area contributed by atoms with Crippen molar-refractivity contribution >= 4 is 11.5 Å². The fourth-order valence-corrected chi connectivity index (χ4v) is 3.39. The Hall–Kier alpha value is -3.29. The normalized spacial score (nSPS) is 12.1. The quantitative estimate of drug-likeness (QED) is 0.471. The molecule has 0 fully saturated rings. The average molecular weight is 413 g/mol. The van der Waals surface area contributed by atoms with Crippen LogP contribution in [-0.4, -0.2) is 30.9 Å². The number of rotatable bonds is 5. The van der Waals surface area contributed by atoms with Gasteiger partial charge in [0.1, 0.15) is 17.3 Å². The molecule has 156 valence electrons. The van der Waals surface area contributed by atoms with Crippen molar-refractivity contribution in [3.05, 3.63) is 60.9 Å². The molecule has 3 aromatic heterocycles. The number of benzene rings is 1. The lowest BCUT2D eigenvalue weighted by Crippen LogP contribution is -2.26. The van der Waals surface area contributed by atoms with Crippen molar-refractivity contribution in [2.75, 3.05) is 5.32 Å². The number of fused-ring (bicyclic) bond motifs is 1. The first-order chi connectivity index (χ1) is 14.2. The summed E-state index contributed by atoms with van der Waals surface area (Å²) >= 11 is 0. The molecule has 30 heavy (non-hydrogen) atoms. The molecule has 0 aliphatic heterocycles. The lowest BCUT2D eigenvalue weighted by Gasteiger charge is -2.21. The number of hydrogen-bond donors (Lipinski definition) is 1. The van der Waals surface area contributed by atoms with E-state index in [1.54, 1.807) is 18.3 Å². The Morgan fingerprint density at radius 3 is 2.37 bits per heavy atom. The summed E-state index contributed by atoms with van der Waals surface area (Å²) in [6.07, 6.45) is 2.45. The molecule has 1 aromatic carbocycles. The molecule has 0 radical (unpaired) electrons. The van der Waals surface area contributed by atoms with E-state index < -0.39 is 13.0 Å². The summed E-state index contributed by atoms with van der Waals surface area (Å²) in [4.78, 5) is 8.76. The smallest absolute Gasteiger partial charge is 0.256 e. The van der Waals surface area contributed by atoms with Gasteiger partial charge in [0.15, 0.2) is 0 Å². The molecular weight excluding hydrogens is 391 g/mol. The van der Waals surface area contributed by atoms with Crippen LogP contribution >= 0.6 is 0 Å². The maximum atomic E-state index is 13.4. The first-order valence-electron chi connectivity index (χ1n) is 9.56. The van der Waals surface area contributed by atoms with Crippen LogP contribution < -0.4 is 5.32 Å². The number of nitrogens with zero attached hydrogens (tertiary/aromatic N) is 4. The Balaban J connectivity index is 1.87. The molecule has 0 aliphatic carbocycles. The second kappa shape index (κ2) is 7.51. The van der Waals surface area contributed by atoms with E-state index in [1.165, 1.54) is 23.0 Å². The fourth-order valence-electron chi connectivity index (χ4n) is 3.39. The van der Waals surface area contributed by atoms with Crippen LogP contribution in [0.5, 0.6) is 0 Å². The first kappa shape index (κ1) is 20.0. The Labute approximate surface area is 172 Å². The first-order valence-corrected chi connectivity index (χ1v) is 9.56. The van der Waals surface area contributed by atoms with Gasteiger partial charge in [0.2, 0.25) is 0 Å². The Morgan fingerprint density at radius 2 is 1.70 bits per heavy atom. The van der Waals surface area contributed by atoms with Crippen LogP contribution in [0.2, 0.25) is 0 Å². The molecule has 4 aromatic rings. The van der Waals surface area contributed by atoms with Crippen LogP contribution in [0, 0.1) is 5.82 Å². The van der Waals surface area contributed by atoms with Gasteiger partial charge < -0.3 is 9.88 Å². The summed E-state index contributed by atoms with van der Waals surface area (Å²) < 4.78 is 43.1. The summed E-state index contributed by atoms with van der Waals surface area (Å²) in [5.74, 6) is 0.424. The number of anilines is 1. The van der Waals surface area contributed by atoms with Crippen molar-refractivity contribution in [1.29, 1.82) is 0 Å². The molecule has 0 spiro atoms. The third-order valence-electron chi connectivity index (χ3n) is 4.57. The molecule has 0 bridgehead atoms. The summed E-state index contributed by atoms with van der Waals surface area (Å²) in [6, 6.07) is 9.50. The zero-order valence-corrected chi connectivity index (χ0v) is 16.9. The van der Waals surface area contributed by atoms with Gasteiger partial charge in [0, 0.05) is 22.9 Å². The summed E-state index contributed by atoms with van der Waals surface area (Å²) in [7, 11) is 0. The molecule has 4 rings (SSSR count). The highest BCUT2D eigenvalue weighted by Gasteiger charge is 2.19. The van der Waals surface area contributed by atoms with E-state index in [-0.39, 0.29) is 11.4 Å². The molecule has 0 saturated heterocycles. The maximum Gasteiger partial charge on any atom is 0.256 e. The number of aromatic nitrogens is 4. The minimum Gasteiger partial charge on any atom is -0.365 e. The summed E-state index contributed by atoms with van der Waals surface area (Å²) in [5.41, 5.74) is 2.96. The minimum atomic E-state index is -2.53. The van der Waals surface area contributed by atoms with Gasteiger partial charge in [-0.05, 0) is 57.2 Å². The van der Waals surface area contributed by atoms with E-state index in [9.17, 15) is 13.2 Å². The second-order valence-corrected chi connectivity index (χ2v) is 8.16. The third-order valence-corrected chi connectivity index (χ3v) is 4.57. The van der Waals surface area contributed by atoms with Crippen molar-refractivity contribution in [2.45, 2.75) is 39.3 Å². The molecule has 0 unspecified atom stereocenters.